The standard InChI is InChI=1S/C33H44N2O4/c1-6-11-29-31(27-14-10-15-28(20-27)37-5)32(26-12-8-7-9-13-26)34-35(29)21-24-16-18-25(19-17-24)22-38-23-30(36)39-33(2,3)4/h7-10,12-15,20,24-25H,6,11,16-19,21-23H2,1-5H3/t24-,25-. The van der Waals surface area contributed by atoms with Gasteiger partial charge in [-0.15, -0.1) is 0 Å². The van der Waals surface area contributed by atoms with E-state index in [0.717, 1.165) is 67.6 Å². The minimum absolute atomic E-state index is 0.0280. The van der Waals surface area contributed by atoms with Crippen LogP contribution in [0.1, 0.15) is 65.5 Å². The van der Waals surface area contributed by atoms with E-state index in [1.807, 2.05) is 32.9 Å². The van der Waals surface area contributed by atoms with E-state index in [4.69, 9.17) is 19.3 Å². The highest BCUT2D eigenvalue weighted by atomic mass is 16.6. The van der Waals surface area contributed by atoms with Gasteiger partial charge < -0.3 is 14.2 Å². The lowest BCUT2D eigenvalue weighted by Gasteiger charge is -2.29. The van der Waals surface area contributed by atoms with Crippen LogP contribution < -0.4 is 4.74 Å². The number of hydrogen-bond acceptors (Lipinski definition) is 5. The fraction of sp³-hybridized carbons (Fsp3) is 0.515. The van der Waals surface area contributed by atoms with Crippen LogP contribution in [0.15, 0.2) is 54.6 Å². The Morgan fingerprint density at radius 2 is 1.67 bits per heavy atom. The molecule has 0 radical (unpaired) electrons. The van der Waals surface area contributed by atoms with Crippen LogP contribution in [0, 0.1) is 11.8 Å². The molecule has 1 fully saturated rings. The van der Waals surface area contributed by atoms with Gasteiger partial charge in [-0.05, 0) is 82.4 Å². The fourth-order valence-electron chi connectivity index (χ4n) is 5.52. The Kier molecular flexibility index (Phi) is 9.84. The SMILES string of the molecule is CCCc1c(-c2cccc(OC)c2)c(-c2ccccc2)nn1C[C@H]1CC[C@H](COCC(=O)OC(C)(C)C)CC1. The summed E-state index contributed by atoms with van der Waals surface area (Å²) in [7, 11) is 1.71. The van der Waals surface area contributed by atoms with Gasteiger partial charge in [0.1, 0.15) is 23.7 Å². The second-order valence-electron chi connectivity index (χ2n) is 11.7. The van der Waals surface area contributed by atoms with E-state index in [-0.39, 0.29) is 12.6 Å². The van der Waals surface area contributed by atoms with Gasteiger partial charge in [-0.3, -0.25) is 4.68 Å². The quantitative estimate of drug-likeness (QED) is 0.242. The summed E-state index contributed by atoms with van der Waals surface area (Å²) in [5.41, 5.74) is 5.36. The molecule has 0 aliphatic heterocycles. The molecule has 0 atom stereocenters. The van der Waals surface area contributed by atoms with Crippen molar-refractivity contribution in [2.75, 3.05) is 20.3 Å². The van der Waals surface area contributed by atoms with Gasteiger partial charge in [0, 0.05) is 23.4 Å². The molecule has 210 valence electrons. The highest BCUT2D eigenvalue weighted by molar-refractivity contribution is 5.83. The maximum absolute atomic E-state index is 11.9. The highest BCUT2D eigenvalue weighted by Crippen LogP contribution is 2.38. The summed E-state index contributed by atoms with van der Waals surface area (Å²) in [6, 6.07) is 18.8. The smallest absolute Gasteiger partial charge is 0.332 e. The molecule has 6 heteroatoms. The zero-order valence-electron chi connectivity index (χ0n) is 24.2. The third-order valence-corrected chi connectivity index (χ3v) is 7.34. The molecular weight excluding hydrogens is 488 g/mol. The first-order valence-electron chi connectivity index (χ1n) is 14.4. The predicted molar refractivity (Wildman–Crippen MR) is 156 cm³/mol. The Morgan fingerprint density at radius 3 is 2.33 bits per heavy atom. The van der Waals surface area contributed by atoms with E-state index in [9.17, 15) is 4.79 Å². The van der Waals surface area contributed by atoms with Crippen LogP contribution >= 0.6 is 0 Å². The van der Waals surface area contributed by atoms with Crippen molar-refractivity contribution in [3.05, 3.63) is 60.3 Å². The molecule has 1 heterocycles. The molecule has 1 aromatic heterocycles. The van der Waals surface area contributed by atoms with Crippen molar-refractivity contribution in [2.45, 2.75) is 78.4 Å². The maximum atomic E-state index is 11.9. The van der Waals surface area contributed by atoms with Crippen molar-refractivity contribution in [3.8, 4) is 28.1 Å². The van der Waals surface area contributed by atoms with Gasteiger partial charge in [0.2, 0.25) is 0 Å². The Balaban J connectivity index is 1.47. The van der Waals surface area contributed by atoms with Crippen molar-refractivity contribution in [1.29, 1.82) is 0 Å². The van der Waals surface area contributed by atoms with Gasteiger partial charge in [0.25, 0.3) is 0 Å². The fourth-order valence-corrected chi connectivity index (χ4v) is 5.52. The molecular formula is C33H44N2O4. The highest BCUT2D eigenvalue weighted by Gasteiger charge is 2.26. The van der Waals surface area contributed by atoms with E-state index in [0.29, 0.717) is 18.4 Å². The molecule has 0 N–H and O–H groups in total. The zero-order valence-corrected chi connectivity index (χ0v) is 24.2. The molecule has 0 spiro atoms. The van der Waals surface area contributed by atoms with Crippen LogP contribution in [0.25, 0.3) is 22.4 Å². The normalized spacial score (nSPS) is 17.7. The summed E-state index contributed by atoms with van der Waals surface area (Å²) in [5, 5.41) is 5.24. The molecule has 0 amide bonds. The van der Waals surface area contributed by atoms with Crippen molar-refractivity contribution in [2.24, 2.45) is 11.8 Å². The lowest BCUT2D eigenvalue weighted by atomic mass is 9.82. The van der Waals surface area contributed by atoms with Crippen molar-refractivity contribution < 1.29 is 19.0 Å². The number of rotatable bonds is 11. The van der Waals surface area contributed by atoms with Crippen LogP contribution in [0.5, 0.6) is 5.75 Å². The second-order valence-corrected chi connectivity index (χ2v) is 11.7. The van der Waals surface area contributed by atoms with Crippen LogP contribution in [0.3, 0.4) is 0 Å². The minimum atomic E-state index is -0.478. The molecule has 1 aliphatic carbocycles. The lowest BCUT2D eigenvalue weighted by molar-refractivity contribution is -0.160. The Hall–Kier alpha value is -3.12. The number of benzene rings is 2. The summed E-state index contributed by atoms with van der Waals surface area (Å²) in [6.07, 6.45) is 6.52. The summed E-state index contributed by atoms with van der Waals surface area (Å²) in [5.74, 6) is 1.63. The first-order chi connectivity index (χ1) is 18.8. The first kappa shape index (κ1) is 28.9. The molecule has 6 nitrogen and oxygen atoms in total. The molecule has 2 aromatic carbocycles. The average molecular weight is 533 g/mol. The van der Waals surface area contributed by atoms with Crippen LogP contribution in [0.2, 0.25) is 0 Å². The van der Waals surface area contributed by atoms with E-state index in [1.54, 1.807) is 7.11 Å². The van der Waals surface area contributed by atoms with Crippen LogP contribution in [-0.2, 0) is 27.2 Å². The van der Waals surface area contributed by atoms with Gasteiger partial charge in [0.05, 0.1) is 13.7 Å². The minimum Gasteiger partial charge on any atom is -0.497 e. The molecule has 0 unspecified atom stereocenters. The number of ether oxygens (including phenoxy) is 3. The summed E-state index contributed by atoms with van der Waals surface area (Å²) < 4.78 is 18.9. The van der Waals surface area contributed by atoms with Gasteiger partial charge in [-0.1, -0.05) is 55.8 Å². The number of hydrogen-bond donors (Lipinski definition) is 0. The zero-order chi connectivity index (χ0) is 27.8. The maximum Gasteiger partial charge on any atom is 0.332 e. The summed E-state index contributed by atoms with van der Waals surface area (Å²) in [4.78, 5) is 11.9. The number of carbonyl (C=O) groups excluding carboxylic acids is 1. The second kappa shape index (κ2) is 13.3. The van der Waals surface area contributed by atoms with Crippen molar-refractivity contribution in [1.82, 2.24) is 9.78 Å². The average Bonchev–Trinajstić information content (AvgIpc) is 3.27. The lowest BCUT2D eigenvalue weighted by Crippen LogP contribution is -2.28. The number of nitrogens with zero attached hydrogens (tertiary/aromatic N) is 2. The molecule has 0 bridgehead atoms. The molecule has 39 heavy (non-hydrogen) atoms. The summed E-state index contributed by atoms with van der Waals surface area (Å²) >= 11 is 0. The van der Waals surface area contributed by atoms with Crippen molar-refractivity contribution in [3.63, 3.8) is 0 Å². The van der Waals surface area contributed by atoms with Gasteiger partial charge in [-0.25, -0.2) is 4.79 Å². The van der Waals surface area contributed by atoms with Crippen molar-refractivity contribution >= 4 is 5.97 Å². The Bertz CT molecular complexity index is 1200. The Morgan fingerprint density at radius 1 is 0.974 bits per heavy atom. The molecule has 4 rings (SSSR count). The first-order valence-corrected chi connectivity index (χ1v) is 14.4. The summed E-state index contributed by atoms with van der Waals surface area (Å²) in [6.45, 7) is 9.43. The van der Waals surface area contributed by atoms with E-state index >= 15 is 0 Å². The van der Waals surface area contributed by atoms with E-state index in [1.165, 1.54) is 11.3 Å². The van der Waals surface area contributed by atoms with E-state index in [2.05, 4.69) is 54.1 Å². The third kappa shape index (κ3) is 7.95. The van der Waals surface area contributed by atoms with Gasteiger partial charge in [-0.2, -0.15) is 5.10 Å². The van der Waals surface area contributed by atoms with E-state index < -0.39 is 5.60 Å². The monoisotopic (exact) mass is 532 g/mol. The molecule has 0 saturated heterocycles. The van der Waals surface area contributed by atoms with Crippen LogP contribution in [0.4, 0.5) is 0 Å². The molecule has 3 aromatic rings. The largest absolute Gasteiger partial charge is 0.497 e. The van der Waals surface area contributed by atoms with Crippen LogP contribution in [-0.4, -0.2) is 41.7 Å². The van der Waals surface area contributed by atoms with Gasteiger partial charge >= 0.3 is 5.97 Å². The third-order valence-electron chi connectivity index (χ3n) is 7.34. The Labute approximate surface area is 233 Å². The predicted octanol–water partition coefficient (Wildman–Crippen LogP) is 7.34. The van der Waals surface area contributed by atoms with Gasteiger partial charge in [0.15, 0.2) is 0 Å². The number of methoxy groups -OCH3 is 1. The number of carbonyl (C=O) groups is 1. The topological polar surface area (TPSA) is 62.6 Å². The molecule has 1 saturated carbocycles. The number of esters is 1. The number of aromatic nitrogens is 2. The molecule has 1 aliphatic rings.